The van der Waals surface area contributed by atoms with Crippen molar-refractivity contribution >= 4 is 29.9 Å². The molecule has 1 aromatic rings. The molecule has 1 heterocycles. The van der Waals surface area contributed by atoms with Crippen LogP contribution in [0.5, 0.6) is 0 Å². The van der Waals surface area contributed by atoms with Gasteiger partial charge in [0.1, 0.15) is 0 Å². The molecule has 0 amide bonds. The SMILES string of the molecule is CCNC(=NCc1ccn(C)c1)NCC(CCO)CC(C)C.I. The maximum atomic E-state index is 9.20. The zero-order valence-corrected chi connectivity index (χ0v) is 17.2. The summed E-state index contributed by atoms with van der Waals surface area (Å²) < 4.78 is 2.03. The van der Waals surface area contributed by atoms with Crippen molar-refractivity contribution in [1.29, 1.82) is 0 Å². The summed E-state index contributed by atoms with van der Waals surface area (Å²) in [5.41, 5.74) is 1.20. The van der Waals surface area contributed by atoms with Gasteiger partial charge in [-0.05, 0) is 43.2 Å². The molecule has 5 nitrogen and oxygen atoms in total. The number of guanidine groups is 1. The van der Waals surface area contributed by atoms with Crippen LogP contribution in [0.15, 0.2) is 23.5 Å². The number of aromatic nitrogens is 1. The van der Waals surface area contributed by atoms with Gasteiger partial charge in [-0.3, -0.25) is 0 Å². The number of aliphatic imine (C=N–C) groups is 1. The van der Waals surface area contributed by atoms with Crippen LogP contribution in [0, 0.1) is 11.8 Å². The van der Waals surface area contributed by atoms with Crippen molar-refractivity contribution in [3.8, 4) is 0 Å². The van der Waals surface area contributed by atoms with Crippen molar-refractivity contribution in [2.45, 2.75) is 40.2 Å². The fourth-order valence-corrected chi connectivity index (χ4v) is 2.56. The van der Waals surface area contributed by atoms with Gasteiger partial charge in [-0.1, -0.05) is 13.8 Å². The first kappa shape index (κ1) is 22.2. The zero-order valence-electron chi connectivity index (χ0n) is 14.9. The summed E-state index contributed by atoms with van der Waals surface area (Å²) in [5, 5.41) is 15.9. The van der Waals surface area contributed by atoms with Crippen LogP contribution in [-0.2, 0) is 13.6 Å². The Labute approximate surface area is 158 Å². The minimum Gasteiger partial charge on any atom is -0.396 e. The summed E-state index contributed by atoms with van der Waals surface area (Å²) in [6.45, 7) is 9.12. The molecule has 0 aliphatic heterocycles. The first-order valence-electron chi connectivity index (χ1n) is 8.29. The van der Waals surface area contributed by atoms with Crippen LogP contribution in [0.25, 0.3) is 0 Å². The standard InChI is InChI=1S/C17H32N4O.HI/c1-5-18-17(20-12-16-6-8-21(4)13-16)19-11-15(7-9-22)10-14(2)3;/h6,8,13-15,22H,5,7,9-12H2,1-4H3,(H2,18,19,20);1H. The van der Waals surface area contributed by atoms with Crippen LogP contribution in [-0.4, -0.2) is 35.3 Å². The molecule has 23 heavy (non-hydrogen) atoms. The van der Waals surface area contributed by atoms with Crippen LogP contribution >= 0.6 is 24.0 Å². The zero-order chi connectivity index (χ0) is 16.4. The van der Waals surface area contributed by atoms with E-state index in [1.54, 1.807) is 0 Å². The second-order valence-electron chi connectivity index (χ2n) is 6.27. The van der Waals surface area contributed by atoms with Gasteiger partial charge in [-0.2, -0.15) is 0 Å². The second-order valence-corrected chi connectivity index (χ2v) is 6.27. The number of nitrogens with zero attached hydrogens (tertiary/aromatic N) is 2. The Hall–Kier alpha value is -0.760. The van der Waals surface area contributed by atoms with Gasteiger partial charge >= 0.3 is 0 Å². The number of aliphatic hydroxyl groups excluding tert-OH is 1. The van der Waals surface area contributed by atoms with E-state index in [4.69, 9.17) is 0 Å². The molecule has 0 fully saturated rings. The Morgan fingerprint density at radius 1 is 1.35 bits per heavy atom. The molecule has 0 aromatic carbocycles. The molecule has 6 heteroatoms. The van der Waals surface area contributed by atoms with E-state index in [1.807, 2.05) is 17.8 Å². The number of hydrogen-bond donors (Lipinski definition) is 3. The lowest BCUT2D eigenvalue weighted by atomic mass is 9.94. The lowest BCUT2D eigenvalue weighted by molar-refractivity contribution is 0.243. The minimum atomic E-state index is 0. The largest absolute Gasteiger partial charge is 0.396 e. The molecule has 0 aliphatic carbocycles. The average molecular weight is 436 g/mol. The van der Waals surface area contributed by atoms with Gasteiger partial charge in [0.25, 0.3) is 0 Å². The van der Waals surface area contributed by atoms with Gasteiger partial charge < -0.3 is 20.3 Å². The van der Waals surface area contributed by atoms with Gasteiger partial charge in [0.05, 0.1) is 6.54 Å². The van der Waals surface area contributed by atoms with E-state index in [0.717, 1.165) is 31.9 Å². The number of rotatable bonds is 9. The van der Waals surface area contributed by atoms with E-state index in [2.05, 4.69) is 48.7 Å². The lowest BCUT2D eigenvalue weighted by Gasteiger charge is -2.20. The van der Waals surface area contributed by atoms with E-state index in [9.17, 15) is 5.11 Å². The molecular weight excluding hydrogens is 403 g/mol. The van der Waals surface area contributed by atoms with Gasteiger partial charge in [-0.25, -0.2) is 4.99 Å². The molecule has 1 unspecified atom stereocenters. The second kappa shape index (κ2) is 12.6. The Morgan fingerprint density at radius 3 is 2.61 bits per heavy atom. The predicted molar refractivity (Wildman–Crippen MR) is 108 cm³/mol. The number of nitrogens with one attached hydrogen (secondary N) is 2. The topological polar surface area (TPSA) is 61.6 Å². The van der Waals surface area contributed by atoms with Crippen LogP contribution in [0.2, 0.25) is 0 Å². The average Bonchev–Trinajstić information content (AvgIpc) is 2.87. The molecule has 0 saturated heterocycles. The lowest BCUT2D eigenvalue weighted by Crippen LogP contribution is -2.40. The molecule has 1 aromatic heterocycles. The van der Waals surface area contributed by atoms with Crippen molar-refractivity contribution in [2.24, 2.45) is 23.9 Å². The summed E-state index contributed by atoms with van der Waals surface area (Å²) in [6, 6.07) is 2.08. The summed E-state index contributed by atoms with van der Waals surface area (Å²) in [7, 11) is 2.02. The van der Waals surface area contributed by atoms with E-state index in [0.29, 0.717) is 18.4 Å². The van der Waals surface area contributed by atoms with Gasteiger partial charge in [0.2, 0.25) is 0 Å². The highest BCUT2D eigenvalue weighted by Crippen LogP contribution is 2.14. The highest BCUT2D eigenvalue weighted by Gasteiger charge is 2.11. The first-order valence-corrected chi connectivity index (χ1v) is 8.29. The van der Waals surface area contributed by atoms with E-state index in [1.165, 1.54) is 5.56 Å². The Bertz CT molecular complexity index is 446. The molecule has 1 rings (SSSR count). The number of halogens is 1. The predicted octanol–water partition coefficient (Wildman–Crippen LogP) is 2.74. The molecule has 0 aliphatic rings. The summed E-state index contributed by atoms with van der Waals surface area (Å²) in [5.74, 6) is 1.96. The van der Waals surface area contributed by atoms with Crippen LogP contribution in [0.3, 0.4) is 0 Å². The van der Waals surface area contributed by atoms with E-state index >= 15 is 0 Å². The molecular formula is C17H33IN4O. The maximum absolute atomic E-state index is 9.20. The maximum Gasteiger partial charge on any atom is 0.191 e. The van der Waals surface area contributed by atoms with Crippen molar-refractivity contribution in [2.75, 3.05) is 19.7 Å². The summed E-state index contributed by atoms with van der Waals surface area (Å²) in [6.07, 6.45) is 6.07. The van der Waals surface area contributed by atoms with Crippen molar-refractivity contribution in [3.63, 3.8) is 0 Å². The van der Waals surface area contributed by atoms with Gasteiger partial charge in [0.15, 0.2) is 5.96 Å². The fourth-order valence-electron chi connectivity index (χ4n) is 2.56. The van der Waals surface area contributed by atoms with Crippen LogP contribution in [0.4, 0.5) is 0 Å². The fraction of sp³-hybridized carbons (Fsp3) is 0.706. The van der Waals surface area contributed by atoms with Crippen molar-refractivity contribution in [1.82, 2.24) is 15.2 Å². The molecule has 134 valence electrons. The highest BCUT2D eigenvalue weighted by atomic mass is 127. The molecule has 1 atom stereocenters. The Kier molecular flexibility index (Phi) is 12.2. The molecule has 0 spiro atoms. The summed E-state index contributed by atoms with van der Waals surface area (Å²) >= 11 is 0. The molecule has 0 radical (unpaired) electrons. The third kappa shape index (κ3) is 9.86. The van der Waals surface area contributed by atoms with Gasteiger partial charge in [-0.15, -0.1) is 24.0 Å². The highest BCUT2D eigenvalue weighted by molar-refractivity contribution is 14.0. The first-order chi connectivity index (χ1) is 10.5. The molecule has 0 saturated carbocycles. The van der Waals surface area contributed by atoms with Crippen LogP contribution < -0.4 is 10.6 Å². The number of aryl methyl sites for hydroxylation is 1. The quantitative estimate of drug-likeness (QED) is 0.317. The Morgan fingerprint density at radius 2 is 2.09 bits per heavy atom. The molecule has 3 N–H and O–H groups in total. The van der Waals surface area contributed by atoms with E-state index < -0.39 is 0 Å². The monoisotopic (exact) mass is 436 g/mol. The van der Waals surface area contributed by atoms with Crippen LogP contribution in [0.1, 0.15) is 39.2 Å². The van der Waals surface area contributed by atoms with E-state index in [-0.39, 0.29) is 30.6 Å². The Balaban J connectivity index is 0.00000484. The normalized spacial score (nSPS) is 12.9. The van der Waals surface area contributed by atoms with Gasteiger partial charge in [0, 0.05) is 39.1 Å². The minimum absolute atomic E-state index is 0. The molecule has 0 bridgehead atoms. The van der Waals surface area contributed by atoms with Crippen molar-refractivity contribution < 1.29 is 5.11 Å². The smallest absolute Gasteiger partial charge is 0.191 e. The number of hydrogen-bond acceptors (Lipinski definition) is 2. The van der Waals surface area contributed by atoms with Crippen molar-refractivity contribution in [3.05, 3.63) is 24.0 Å². The number of aliphatic hydroxyl groups is 1. The third-order valence-corrected chi connectivity index (χ3v) is 3.56. The summed E-state index contributed by atoms with van der Waals surface area (Å²) in [4.78, 5) is 4.63. The third-order valence-electron chi connectivity index (χ3n) is 3.56.